The smallest absolute Gasteiger partial charge is 0.416 e. The van der Waals surface area contributed by atoms with Gasteiger partial charge in [0.2, 0.25) is 0 Å². The summed E-state index contributed by atoms with van der Waals surface area (Å²) in [6, 6.07) is 2.65. The van der Waals surface area contributed by atoms with Gasteiger partial charge in [-0.15, -0.1) is 0 Å². The molecule has 3 aromatic rings. The van der Waals surface area contributed by atoms with Gasteiger partial charge in [0.1, 0.15) is 11.9 Å². The molecule has 0 unspecified atom stereocenters. The minimum absolute atomic E-state index is 0.0115. The van der Waals surface area contributed by atoms with Crippen LogP contribution < -0.4 is 4.90 Å². The molecule has 1 saturated heterocycles. The molecule has 1 aliphatic carbocycles. The van der Waals surface area contributed by atoms with Crippen molar-refractivity contribution in [1.29, 1.82) is 0 Å². The molecule has 1 aromatic carbocycles. The molecular weight excluding hydrogens is 594 g/mol. The van der Waals surface area contributed by atoms with Crippen molar-refractivity contribution in [2.24, 2.45) is 0 Å². The summed E-state index contributed by atoms with van der Waals surface area (Å²) in [6.07, 6.45) is -5.03. The van der Waals surface area contributed by atoms with E-state index in [2.05, 4.69) is 9.27 Å². The van der Waals surface area contributed by atoms with E-state index < -0.39 is 41.7 Å². The van der Waals surface area contributed by atoms with Crippen LogP contribution in [0.3, 0.4) is 0 Å². The molecule has 0 spiro atoms. The van der Waals surface area contributed by atoms with Crippen LogP contribution in [0, 0.1) is 6.92 Å². The lowest BCUT2D eigenvalue weighted by Gasteiger charge is -2.36. The van der Waals surface area contributed by atoms with Crippen molar-refractivity contribution in [3.63, 3.8) is 0 Å². The second-order valence-electron chi connectivity index (χ2n) is 11.1. The van der Waals surface area contributed by atoms with Crippen molar-refractivity contribution in [1.82, 2.24) is 14.3 Å². The number of anilines is 1. The molecule has 3 heterocycles. The first-order valence-electron chi connectivity index (χ1n) is 14.2. The number of carbonyl (C=O) groups excluding carboxylic acids is 1. The van der Waals surface area contributed by atoms with Crippen molar-refractivity contribution < 1.29 is 35.9 Å². The Morgan fingerprint density at radius 2 is 1.67 bits per heavy atom. The first kappa shape index (κ1) is 31.1. The molecule has 5 rings (SSSR count). The summed E-state index contributed by atoms with van der Waals surface area (Å²) < 4.78 is 91.1. The van der Waals surface area contributed by atoms with Gasteiger partial charge in [-0.1, -0.05) is 19.3 Å². The van der Waals surface area contributed by atoms with Gasteiger partial charge >= 0.3 is 18.4 Å². The fourth-order valence-corrected chi connectivity index (χ4v) is 6.78. The molecule has 1 aliphatic heterocycles. The van der Waals surface area contributed by atoms with Gasteiger partial charge in [-0.05, 0) is 75.0 Å². The number of carbonyl (C=O) groups is 1. The Labute approximate surface area is 249 Å². The van der Waals surface area contributed by atoms with Gasteiger partial charge in [-0.3, -0.25) is 4.90 Å². The first-order chi connectivity index (χ1) is 20.3. The van der Waals surface area contributed by atoms with E-state index in [9.17, 15) is 31.1 Å². The third-order valence-electron chi connectivity index (χ3n) is 8.30. The second-order valence-corrected chi connectivity index (χ2v) is 11.7. The van der Waals surface area contributed by atoms with Crippen LogP contribution >= 0.6 is 11.5 Å². The summed E-state index contributed by atoms with van der Waals surface area (Å²) in [6.45, 7) is 6.17. The Bertz CT molecular complexity index is 1440. The lowest BCUT2D eigenvalue weighted by molar-refractivity contribution is -0.143. The van der Waals surface area contributed by atoms with Gasteiger partial charge in [0.25, 0.3) is 0 Å². The zero-order valence-electron chi connectivity index (χ0n) is 23.9. The van der Waals surface area contributed by atoms with E-state index in [0.29, 0.717) is 30.1 Å². The molecule has 2 aliphatic rings. The number of alkyl halides is 6. The quantitative estimate of drug-likeness (QED) is 0.246. The minimum Gasteiger partial charge on any atom is -0.439 e. The highest BCUT2D eigenvalue weighted by Crippen LogP contribution is 2.42. The average molecular weight is 627 g/mol. The molecule has 1 amide bonds. The third-order valence-corrected chi connectivity index (χ3v) is 9.02. The average Bonchev–Trinajstić information content (AvgIpc) is 3.51. The van der Waals surface area contributed by atoms with Crippen molar-refractivity contribution in [2.75, 3.05) is 11.4 Å². The third kappa shape index (κ3) is 6.46. The Balaban J connectivity index is 1.52. The Kier molecular flexibility index (Phi) is 8.65. The molecule has 0 N–H and O–H groups in total. The Morgan fingerprint density at radius 1 is 1.02 bits per heavy atom. The number of amides is 1. The minimum atomic E-state index is -5.01. The van der Waals surface area contributed by atoms with Crippen molar-refractivity contribution in [3.05, 3.63) is 63.8 Å². The summed E-state index contributed by atoms with van der Waals surface area (Å²) in [4.78, 5) is 21.6. The van der Waals surface area contributed by atoms with Crippen LogP contribution in [0.4, 0.5) is 37.0 Å². The van der Waals surface area contributed by atoms with Crippen molar-refractivity contribution in [3.8, 4) is 11.1 Å². The number of pyridine rings is 1. The monoisotopic (exact) mass is 626 g/mol. The van der Waals surface area contributed by atoms with Crippen LogP contribution in [0.2, 0.25) is 0 Å². The normalized spacial score (nSPS) is 20.0. The number of aryl methyl sites for hydroxylation is 1. The van der Waals surface area contributed by atoms with Gasteiger partial charge in [0.15, 0.2) is 0 Å². The summed E-state index contributed by atoms with van der Waals surface area (Å²) in [5.74, 6) is 0.695. The largest absolute Gasteiger partial charge is 0.439 e. The van der Waals surface area contributed by atoms with Gasteiger partial charge in [-0.2, -0.15) is 30.7 Å². The molecule has 0 radical (unpaired) electrons. The number of nitrogens with zero attached hydrogens (tertiary/aromatic N) is 4. The summed E-state index contributed by atoms with van der Waals surface area (Å²) in [7, 11) is 0. The lowest BCUT2D eigenvalue weighted by atomic mass is 9.93. The number of hydrogen-bond acceptors (Lipinski definition) is 6. The standard InChI is InChI=1S/C30H32F6N4O2S/c1-4-39(24-8-6-5-7-9-24)27-21(10-20(14-37-27)25-16-43-38-17(25)2)15-40-18(3)26(42-28(40)41)19-11-22(29(31,32)33)13-23(12-19)30(34,35)36/h10-14,16,18,24,26H,4-9,15H2,1-3H3/t18-,26-/m0/s1. The Hall–Kier alpha value is -3.35. The van der Waals surface area contributed by atoms with Gasteiger partial charge in [0.05, 0.1) is 29.4 Å². The predicted octanol–water partition coefficient (Wildman–Crippen LogP) is 8.79. The highest BCUT2D eigenvalue weighted by Gasteiger charge is 2.43. The van der Waals surface area contributed by atoms with Crippen LogP contribution in [0.25, 0.3) is 11.1 Å². The van der Waals surface area contributed by atoms with E-state index in [1.807, 2.05) is 25.3 Å². The van der Waals surface area contributed by atoms with Crippen molar-refractivity contribution in [2.45, 2.75) is 90.0 Å². The molecule has 0 bridgehead atoms. The molecule has 1 saturated carbocycles. The molecule has 43 heavy (non-hydrogen) atoms. The molecular formula is C30H32F6N4O2S. The van der Waals surface area contributed by atoms with Gasteiger partial charge < -0.3 is 9.64 Å². The maximum atomic E-state index is 13.6. The number of rotatable bonds is 7. The zero-order chi connectivity index (χ0) is 31.1. The van der Waals surface area contributed by atoms with Crippen molar-refractivity contribution >= 4 is 23.4 Å². The predicted molar refractivity (Wildman–Crippen MR) is 151 cm³/mol. The van der Waals surface area contributed by atoms with E-state index in [4.69, 9.17) is 9.72 Å². The summed E-state index contributed by atoms with van der Waals surface area (Å²) >= 11 is 1.31. The Morgan fingerprint density at radius 3 is 2.23 bits per heavy atom. The number of hydrogen-bond donors (Lipinski definition) is 0. The topological polar surface area (TPSA) is 58.6 Å². The van der Waals surface area contributed by atoms with Crippen LogP contribution in [0.15, 0.2) is 35.8 Å². The van der Waals surface area contributed by atoms with Crippen LogP contribution in [0.1, 0.15) is 80.0 Å². The maximum Gasteiger partial charge on any atom is 0.416 e. The number of benzene rings is 1. The highest BCUT2D eigenvalue weighted by molar-refractivity contribution is 7.04. The summed E-state index contributed by atoms with van der Waals surface area (Å²) in [5.41, 5.74) is -0.0501. The number of cyclic esters (lactones) is 1. The molecule has 6 nitrogen and oxygen atoms in total. The lowest BCUT2D eigenvalue weighted by Crippen LogP contribution is -2.39. The van der Waals surface area contributed by atoms with Crippen LogP contribution in [-0.4, -0.2) is 39.0 Å². The summed E-state index contributed by atoms with van der Waals surface area (Å²) in [5, 5.41) is 1.91. The van der Waals surface area contributed by atoms with E-state index >= 15 is 0 Å². The molecule has 13 heteroatoms. The zero-order valence-corrected chi connectivity index (χ0v) is 24.7. The van der Waals surface area contributed by atoms with Crippen LogP contribution in [-0.2, 0) is 23.6 Å². The second kappa shape index (κ2) is 12.0. The van der Waals surface area contributed by atoms with E-state index in [0.717, 1.165) is 42.5 Å². The fraction of sp³-hybridized carbons (Fsp3) is 0.500. The molecule has 232 valence electrons. The van der Waals surface area contributed by atoms with Gasteiger partial charge in [0, 0.05) is 40.9 Å². The first-order valence-corrected chi connectivity index (χ1v) is 15.0. The number of aromatic nitrogens is 2. The number of ether oxygens (including phenoxy) is 1. The van der Waals surface area contributed by atoms with Gasteiger partial charge in [-0.25, -0.2) is 9.78 Å². The highest BCUT2D eigenvalue weighted by atomic mass is 32.1. The maximum absolute atomic E-state index is 13.6. The SMILES string of the molecule is CCN(c1ncc(-c2csnc2C)cc1CN1C(=O)O[C@H](c2cc(C(F)(F)F)cc(C(F)(F)F)c2)[C@@H]1C)C1CCCCC1. The molecule has 2 fully saturated rings. The molecule has 2 atom stereocenters. The molecule has 2 aromatic heterocycles. The number of halogens is 6. The van der Waals surface area contributed by atoms with E-state index in [-0.39, 0.29) is 24.2 Å². The van der Waals surface area contributed by atoms with E-state index in [1.54, 1.807) is 13.1 Å². The van der Waals surface area contributed by atoms with E-state index in [1.165, 1.54) is 22.9 Å². The fourth-order valence-electron chi connectivity index (χ4n) is 6.05. The van der Waals surface area contributed by atoms with Crippen LogP contribution in [0.5, 0.6) is 0 Å².